The van der Waals surface area contributed by atoms with Crippen LogP contribution in [0.2, 0.25) is 5.02 Å². The van der Waals surface area contributed by atoms with Crippen molar-refractivity contribution < 1.29 is 9.53 Å². The van der Waals surface area contributed by atoms with Gasteiger partial charge in [-0.2, -0.15) is 10.2 Å². The number of halogens is 2. The molecule has 0 spiro atoms. The fourth-order valence-electron chi connectivity index (χ4n) is 2.09. The maximum absolute atomic E-state index is 12.1. The van der Waals surface area contributed by atoms with Crippen LogP contribution >= 0.6 is 27.5 Å². The highest BCUT2D eigenvalue weighted by Crippen LogP contribution is 2.23. The smallest absolute Gasteiger partial charge is 0.271 e. The van der Waals surface area contributed by atoms with E-state index in [0.29, 0.717) is 29.6 Å². The van der Waals surface area contributed by atoms with Gasteiger partial charge in [0.2, 0.25) is 0 Å². The second kappa shape index (κ2) is 8.17. The first-order chi connectivity index (χ1) is 12.1. The van der Waals surface area contributed by atoms with Crippen molar-refractivity contribution in [2.75, 3.05) is 6.54 Å². The van der Waals surface area contributed by atoms with Crippen LogP contribution in [-0.4, -0.2) is 32.0 Å². The molecule has 0 unspecified atom stereocenters. The van der Waals surface area contributed by atoms with E-state index in [9.17, 15) is 4.79 Å². The van der Waals surface area contributed by atoms with E-state index in [1.54, 1.807) is 35.3 Å². The summed E-state index contributed by atoms with van der Waals surface area (Å²) in [6, 6.07) is 8.81. The summed E-state index contributed by atoms with van der Waals surface area (Å²) in [5.74, 6) is 0.318. The quantitative estimate of drug-likeness (QED) is 0.633. The molecule has 1 N–H and O–H groups in total. The number of ether oxygens (including phenoxy) is 1. The Labute approximate surface area is 157 Å². The molecule has 0 saturated carbocycles. The van der Waals surface area contributed by atoms with E-state index in [0.717, 1.165) is 4.47 Å². The number of aromatic nitrogens is 4. The monoisotopic (exact) mass is 423 g/mol. The Morgan fingerprint density at radius 1 is 1.28 bits per heavy atom. The molecule has 9 heteroatoms. The molecule has 0 bridgehead atoms. The van der Waals surface area contributed by atoms with Gasteiger partial charge < -0.3 is 10.1 Å². The lowest BCUT2D eigenvalue weighted by Gasteiger charge is -2.07. The lowest BCUT2D eigenvalue weighted by atomic mass is 10.3. The number of hydrogen-bond donors (Lipinski definition) is 1. The molecule has 0 saturated heterocycles. The molecule has 3 aromatic rings. The average Bonchev–Trinajstić information content (AvgIpc) is 3.23. The van der Waals surface area contributed by atoms with E-state index >= 15 is 0 Å². The summed E-state index contributed by atoms with van der Waals surface area (Å²) >= 11 is 9.35. The van der Waals surface area contributed by atoms with Crippen LogP contribution in [0.4, 0.5) is 0 Å². The molecule has 1 amide bonds. The molecular weight excluding hydrogens is 410 g/mol. The van der Waals surface area contributed by atoms with Gasteiger partial charge in [0.05, 0.1) is 22.2 Å². The Hall–Kier alpha value is -2.32. The van der Waals surface area contributed by atoms with Gasteiger partial charge in [-0.05, 0) is 34.1 Å². The van der Waals surface area contributed by atoms with Crippen molar-refractivity contribution in [3.05, 3.63) is 64.1 Å². The predicted molar refractivity (Wildman–Crippen MR) is 96.6 cm³/mol. The molecule has 0 aliphatic rings. The molecule has 0 aliphatic heterocycles. The zero-order chi connectivity index (χ0) is 17.6. The van der Waals surface area contributed by atoms with Crippen molar-refractivity contribution in [2.45, 2.75) is 13.3 Å². The number of nitrogens with zero attached hydrogens (tertiary/aromatic N) is 4. The summed E-state index contributed by atoms with van der Waals surface area (Å²) in [6.45, 7) is 1.20. The number of rotatable bonds is 7. The molecule has 2 aromatic heterocycles. The third kappa shape index (κ3) is 4.83. The van der Waals surface area contributed by atoms with Gasteiger partial charge in [-0.1, -0.05) is 23.7 Å². The minimum absolute atomic E-state index is 0.165. The first kappa shape index (κ1) is 17.5. The molecule has 7 nitrogen and oxygen atoms in total. The number of nitrogens with one attached hydrogen (secondary N) is 1. The molecule has 2 heterocycles. The molecular formula is C16H15BrClN5O2. The van der Waals surface area contributed by atoms with Crippen molar-refractivity contribution in [2.24, 2.45) is 0 Å². The van der Waals surface area contributed by atoms with E-state index in [4.69, 9.17) is 16.3 Å². The third-order valence-corrected chi connectivity index (χ3v) is 4.01. The van der Waals surface area contributed by atoms with Gasteiger partial charge in [0.25, 0.3) is 5.91 Å². The lowest BCUT2D eigenvalue weighted by molar-refractivity contribution is 0.0945. The van der Waals surface area contributed by atoms with Gasteiger partial charge in [0.15, 0.2) is 6.73 Å². The van der Waals surface area contributed by atoms with Gasteiger partial charge in [-0.25, -0.2) is 4.68 Å². The van der Waals surface area contributed by atoms with Gasteiger partial charge in [-0.15, -0.1) is 0 Å². The van der Waals surface area contributed by atoms with Gasteiger partial charge in [-0.3, -0.25) is 9.48 Å². The molecule has 0 fully saturated rings. The van der Waals surface area contributed by atoms with Crippen molar-refractivity contribution in [1.29, 1.82) is 0 Å². The molecule has 0 radical (unpaired) electrons. The normalized spacial score (nSPS) is 10.6. The SMILES string of the molecule is O=C(NCCn1cc(Br)cn1)c1ccn(COc2ccccc2Cl)n1. The molecule has 3 rings (SSSR count). The van der Waals surface area contributed by atoms with Crippen LogP contribution in [0.25, 0.3) is 0 Å². The summed E-state index contributed by atoms with van der Waals surface area (Å²) in [4.78, 5) is 12.1. The van der Waals surface area contributed by atoms with Crippen LogP contribution in [-0.2, 0) is 13.3 Å². The second-order valence-electron chi connectivity index (χ2n) is 5.12. The fraction of sp³-hybridized carbons (Fsp3) is 0.188. The molecule has 1 aromatic carbocycles. The Balaban J connectivity index is 1.48. The van der Waals surface area contributed by atoms with Gasteiger partial charge in [0.1, 0.15) is 11.4 Å². The minimum Gasteiger partial charge on any atom is -0.470 e. The van der Waals surface area contributed by atoms with Crippen LogP contribution < -0.4 is 10.1 Å². The zero-order valence-corrected chi connectivity index (χ0v) is 15.4. The predicted octanol–water partition coefficient (Wildman–Crippen LogP) is 2.96. The fourth-order valence-corrected chi connectivity index (χ4v) is 2.61. The molecule has 0 atom stereocenters. The Morgan fingerprint density at radius 2 is 2.12 bits per heavy atom. The Morgan fingerprint density at radius 3 is 2.88 bits per heavy atom. The summed E-state index contributed by atoms with van der Waals surface area (Å²) < 4.78 is 9.74. The maximum Gasteiger partial charge on any atom is 0.271 e. The van der Waals surface area contributed by atoms with E-state index in [2.05, 4.69) is 31.4 Å². The summed E-state index contributed by atoms with van der Waals surface area (Å²) in [5, 5.41) is 11.6. The Kier molecular flexibility index (Phi) is 5.72. The maximum atomic E-state index is 12.1. The van der Waals surface area contributed by atoms with Crippen LogP contribution in [0.3, 0.4) is 0 Å². The molecule has 130 valence electrons. The highest BCUT2D eigenvalue weighted by Gasteiger charge is 2.09. The second-order valence-corrected chi connectivity index (χ2v) is 6.44. The van der Waals surface area contributed by atoms with Crippen molar-refractivity contribution in [3.63, 3.8) is 0 Å². The number of hydrogen-bond acceptors (Lipinski definition) is 4. The van der Waals surface area contributed by atoms with Crippen LogP contribution in [0.1, 0.15) is 10.5 Å². The minimum atomic E-state index is -0.247. The van der Waals surface area contributed by atoms with Crippen molar-refractivity contribution >= 4 is 33.4 Å². The largest absolute Gasteiger partial charge is 0.470 e. The van der Waals surface area contributed by atoms with Gasteiger partial charge >= 0.3 is 0 Å². The molecule has 0 aliphatic carbocycles. The molecule has 25 heavy (non-hydrogen) atoms. The highest BCUT2D eigenvalue weighted by atomic mass is 79.9. The first-order valence-corrected chi connectivity index (χ1v) is 8.66. The van der Waals surface area contributed by atoms with E-state index in [1.165, 1.54) is 4.68 Å². The van der Waals surface area contributed by atoms with E-state index < -0.39 is 0 Å². The lowest BCUT2D eigenvalue weighted by Crippen LogP contribution is -2.28. The van der Waals surface area contributed by atoms with Crippen LogP contribution in [0.5, 0.6) is 5.75 Å². The van der Waals surface area contributed by atoms with E-state index in [1.807, 2.05) is 18.3 Å². The number of para-hydroxylation sites is 1. The van der Waals surface area contributed by atoms with E-state index in [-0.39, 0.29) is 12.6 Å². The first-order valence-electron chi connectivity index (χ1n) is 7.49. The average molecular weight is 425 g/mol. The number of carbonyl (C=O) groups is 1. The number of amides is 1. The Bertz CT molecular complexity index is 864. The van der Waals surface area contributed by atoms with Crippen molar-refractivity contribution in [1.82, 2.24) is 24.9 Å². The zero-order valence-electron chi connectivity index (χ0n) is 13.1. The summed E-state index contributed by atoms with van der Waals surface area (Å²) in [7, 11) is 0. The van der Waals surface area contributed by atoms with Crippen LogP contribution in [0, 0.1) is 0 Å². The summed E-state index contributed by atoms with van der Waals surface area (Å²) in [6.07, 6.45) is 5.21. The van der Waals surface area contributed by atoms with Gasteiger partial charge in [0, 0.05) is 18.9 Å². The summed E-state index contributed by atoms with van der Waals surface area (Å²) in [5.41, 5.74) is 0.324. The third-order valence-electron chi connectivity index (χ3n) is 3.29. The topological polar surface area (TPSA) is 74.0 Å². The van der Waals surface area contributed by atoms with Crippen LogP contribution in [0.15, 0.2) is 53.4 Å². The van der Waals surface area contributed by atoms with Crippen molar-refractivity contribution in [3.8, 4) is 5.75 Å². The standard InChI is InChI=1S/C16H15BrClN5O2/c17-12-9-20-22(10-12)8-6-19-16(24)14-5-7-23(21-14)11-25-15-4-2-1-3-13(15)18/h1-5,7,9-10H,6,8,11H2,(H,19,24). The number of benzene rings is 1. The highest BCUT2D eigenvalue weighted by molar-refractivity contribution is 9.10. The number of carbonyl (C=O) groups excluding carboxylic acids is 1.